The molecular weight excluding hydrogens is 362 g/mol. The fourth-order valence-corrected chi connectivity index (χ4v) is 2.70. The van der Waals surface area contributed by atoms with E-state index in [-0.39, 0.29) is 6.54 Å². The number of aliphatic carboxylic acids is 1. The third-order valence-corrected chi connectivity index (χ3v) is 4.11. The number of carbonyl (C=O) groups excluding carboxylic acids is 2. The van der Waals surface area contributed by atoms with Crippen LogP contribution in [0.5, 0.6) is 0 Å². The summed E-state index contributed by atoms with van der Waals surface area (Å²) in [6, 6.07) is 5.63. The van der Waals surface area contributed by atoms with Gasteiger partial charge in [-0.15, -0.1) is 6.42 Å². The van der Waals surface area contributed by atoms with E-state index in [9.17, 15) is 14.4 Å². The third kappa shape index (κ3) is 6.32. The normalized spacial score (nSPS) is 14.8. The summed E-state index contributed by atoms with van der Waals surface area (Å²) in [6.45, 7) is 1.40. The van der Waals surface area contributed by atoms with Crippen molar-refractivity contribution in [1.29, 1.82) is 0 Å². The number of hydrogen-bond acceptors (Lipinski definition) is 4. The van der Waals surface area contributed by atoms with Crippen LogP contribution in [0.3, 0.4) is 0 Å². The maximum absolute atomic E-state index is 12.3. The highest BCUT2D eigenvalue weighted by Gasteiger charge is 2.15. The minimum Gasteiger partial charge on any atom is -0.481 e. The molecule has 1 saturated heterocycles. The van der Waals surface area contributed by atoms with Crippen LogP contribution in [0, 0.1) is 12.3 Å². The maximum Gasteiger partial charge on any atom is 0.306 e. The summed E-state index contributed by atoms with van der Waals surface area (Å²) in [5.74, 6) is 0.411. The van der Waals surface area contributed by atoms with E-state index in [4.69, 9.17) is 17.3 Å². The second-order valence-corrected chi connectivity index (χ2v) is 6.28. The summed E-state index contributed by atoms with van der Waals surface area (Å²) < 4.78 is 0. The van der Waals surface area contributed by atoms with Crippen molar-refractivity contribution < 1.29 is 19.5 Å². The number of likely N-dealkylation sites (tertiary alicyclic amines) is 1. The summed E-state index contributed by atoms with van der Waals surface area (Å²) >= 11 is 0. The molecule has 1 fully saturated rings. The molecule has 0 aromatic heterocycles. The third-order valence-electron chi connectivity index (χ3n) is 4.11. The predicted octanol–water partition coefficient (Wildman–Crippen LogP) is 0.0511. The fraction of sp³-hybridized carbons (Fsp3) is 0.368. The molecule has 28 heavy (non-hydrogen) atoms. The summed E-state index contributed by atoms with van der Waals surface area (Å²) in [4.78, 5) is 41.1. The van der Waals surface area contributed by atoms with Crippen LogP contribution in [0.15, 0.2) is 29.3 Å². The van der Waals surface area contributed by atoms with Gasteiger partial charge in [-0.1, -0.05) is 12.0 Å². The van der Waals surface area contributed by atoms with Gasteiger partial charge >= 0.3 is 5.97 Å². The molecule has 9 heteroatoms. The number of hydrogen-bond donors (Lipinski definition) is 4. The lowest BCUT2D eigenvalue weighted by Crippen LogP contribution is -2.42. The fourth-order valence-electron chi connectivity index (χ4n) is 2.70. The van der Waals surface area contributed by atoms with Crippen LogP contribution in [-0.4, -0.2) is 59.4 Å². The van der Waals surface area contributed by atoms with Crippen molar-refractivity contribution in [2.24, 2.45) is 10.7 Å². The van der Waals surface area contributed by atoms with Crippen molar-refractivity contribution in [3.8, 4) is 12.3 Å². The van der Waals surface area contributed by atoms with E-state index in [0.717, 1.165) is 25.9 Å². The maximum atomic E-state index is 12.3. The number of guanidine groups is 1. The molecule has 1 unspecified atom stereocenters. The largest absolute Gasteiger partial charge is 0.481 e. The Hall–Kier alpha value is -3.54. The van der Waals surface area contributed by atoms with E-state index >= 15 is 0 Å². The van der Waals surface area contributed by atoms with E-state index in [0.29, 0.717) is 17.2 Å². The summed E-state index contributed by atoms with van der Waals surface area (Å²) in [5, 5.41) is 13.5. The highest BCUT2D eigenvalue weighted by atomic mass is 16.4. The van der Waals surface area contributed by atoms with Gasteiger partial charge in [-0.25, -0.2) is 4.99 Å². The molecule has 0 bridgehead atoms. The van der Waals surface area contributed by atoms with Crippen LogP contribution in [0.25, 0.3) is 0 Å². The SMILES string of the molecule is C#CC(CC(=O)O)NC(=O)CNC(=O)c1cccc(N=C(N)N2CCCC2)c1. The van der Waals surface area contributed by atoms with E-state index in [1.165, 1.54) is 0 Å². The van der Waals surface area contributed by atoms with Gasteiger partial charge in [0.2, 0.25) is 5.91 Å². The molecule has 0 aliphatic carbocycles. The van der Waals surface area contributed by atoms with E-state index < -0.39 is 30.2 Å². The quantitative estimate of drug-likeness (QED) is 0.297. The van der Waals surface area contributed by atoms with Gasteiger partial charge in [-0.2, -0.15) is 0 Å². The molecule has 5 N–H and O–H groups in total. The van der Waals surface area contributed by atoms with E-state index in [1.54, 1.807) is 24.3 Å². The van der Waals surface area contributed by atoms with Crippen LogP contribution in [-0.2, 0) is 9.59 Å². The van der Waals surface area contributed by atoms with Crippen LogP contribution in [0.1, 0.15) is 29.6 Å². The molecule has 1 atom stereocenters. The predicted molar refractivity (Wildman–Crippen MR) is 104 cm³/mol. The van der Waals surface area contributed by atoms with Gasteiger partial charge in [0.15, 0.2) is 5.96 Å². The van der Waals surface area contributed by atoms with Crippen LogP contribution >= 0.6 is 0 Å². The molecule has 0 spiro atoms. The Morgan fingerprint density at radius 1 is 1.32 bits per heavy atom. The van der Waals surface area contributed by atoms with Gasteiger partial charge in [-0.05, 0) is 31.0 Å². The number of nitrogens with two attached hydrogens (primary N) is 1. The van der Waals surface area contributed by atoms with Crippen molar-refractivity contribution in [2.75, 3.05) is 19.6 Å². The standard InChI is InChI=1S/C19H23N5O4/c1-2-14(11-17(26)27)22-16(25)12-21-18(28)13-6-5-7-15(10-13)23-19(20)24-8-3-4-9-24/h1,5-7,10,14H,3-4,8-9,11-12H2,(H2,20,23)(H,21,28)(H,22,25)(H,26,27). The van der Waals surface area contributed by atoms with Gasteiger partial charge in [0.25, 0.3) is 5.91 Å². The number of nitrogens with zero attached hydrogens (tertiary/aromatic N) is 2. The molecule has 1 aliphatic rings. The topological polar surface area (TPSA) is 137 Å². The molecule has 0 radical (unpaired) electrons. The molecule has 1 aliphatic heterocycles. The first-order valence-electron chi connectivity index (χ1n) is 8.83. The molecular formula is C19H23N5O4. The Balaban J connectivity index is 1.92. The first-order valence-corrected chi connectivity index (χ1v) is 8.83. The van der Waals surface area contributed by atoms with Crippen molar-refractivity contribution in [1.82, 2.24) is 15.5 Å². The number of carboxylic acid groups (broad SMARTS) is 1. The number of rotatable bonds is 7. The van der Waals surface area contributed by atoms with Crippen LogP contribution in [0.4, 0.5) is 5.69 Å². The lowest BCUT2D eigenvalue weighted by atomic mass is 10.2. The average molecular weight is 385 g/mol. The molecule has 1 aromatic carbocycles. The molecule has 1 heterocycles. The van der Waals surface area contributed by atoms with Gasteiger partial charge in [0.1, 0.15) is 6.04 Å². The molecule has 2 amide bonds. The number of carboxylic acids is 1. The second-order valence-electron chi connectivity index (χ2n) is 6.28. The zero-order valence-corrected chi connectivity index (χ0v) is 15.4. The van der Waals surface area contributed by atoms with E-state index in [2.05, 4.69) is 21.5 Å². The van der Waals surface area contributed by atoms with Gasteiger partial charge in [-0.3, -0.25) is 14.4 Å². The zero-order chi connectivity index (χ0) is 20.5. The van der Waals surface area contributed by atoms with Gasteiger partial charge in [0, 0.05) is 18.7 Å². The molecule has 0 saturated carbocycles. The Morgan fingerprint density at radius 2 is 2.04 bits per heavy atom. The highest BCUT2D eigenvalue weighted by Crippen LogP contribution is 2.16. The van der Waals surface area contributed by atoms with E-state index in [1.807, 2.05) is 4.90 Å². The Bertz CT molecular complexity index is 809. The number of nitrogens with one attached hydrogen (secondary N) is 2. The number of benzene rings is 1. The number of amides is 2. The summed E-state index contributed by atoms with van der Waals surface area (Å²) in [5.41, 5.74) is 6.85. The Morgan fingerprint density at radius 3 is 2.68 bits per heavy atom. The minimum absolute atomic E-state index is 0.322. The molecule has 2 rings (SSSR count). The summed E-state index contributed by atoms with van der Waals surface area (Å²) in [6.07, 6.45) is 6.94. The molecule has 9 nitrogen and oxygen atoms in total. The lowest BCUT2D eigenvalue weighted by molar-refractivity contribution is -0.137. The van der Waals surface area contributed by atoms with Crippen LogP contribution < -0.4 is 16.4 Å². The number of aliphatic imine (C=N–C) groups is 1. The Labute approximate surface area is 163 Å². The first-order chi connectivity index (χ1) is 13.4. The van der Waals surface area contributed by atoms with Crippen molar-refractivity contribution in [3.05, 3.63) is 29.8 Å². The average Bonchev–Trinajstić information content (AvgIpc) is 3.20. The van der Waals surface area contributed by atoms with Crippen molar-refractivity contribution in [3.63, 3.8) is 0 Å². The molecule has 1 aromatic rings. The number of carbonyl (C=O) groups is 3. The van der Waals surface area contributed by atoms with Crippen molar-refractivity contribution in [2.45, 2.75) is 25.3 Å². The van der Waals surface area contributed by atoms with Gasteiger partial charge < -0.3 is 26.4 Å². The minimum atomic E-state index is -1.13. The van der Waals surface area contributed by atoms with Gasteiger partial charge in [0.05, 0.1) is 18.7 Å². The van der Waals surface area contributed by atoms with Crippen LogP contribution in [0.2, 0.25) is 0 Å². The first kappa shape index (κ1) is 20.8. The zero-order valence-electron chi connectivity index (χ0n) is 15.4. The second kappa shape index (κ2) is 9.97. The highest BCUT2D eigenvalue weighted by molar-refractivity contribution is 5.97. The molecule has 148 valence electrons. The number of terminal acetylenes is 1. The Kier molecular flexibility index (Phi) is 7.39. The summed E-state index contributed by atoms with van der Waals surface area (Å²) in [7, 11) is 0. The smallest absolute Gasteiger partial charge is 0.306 e. The monoisotopic (exact) mass is 385 g/mol. The lowest BCUT2D eigenvalue weighted by Gasteiger charge is -2.15. The van der Waals surface area contributed by atoms with Crippen molar-refractivity contribution >= 4 is 29.4 Å².